The highest BCUT2D eigenvalue weighted by Crippen LogP contribution is 2.31. The minimum Gasteiger partial charge on any atom is -0.464 e. The molecule has 1 heterocycles. The van der Waals surface area contributed by atoms with Crippen LogP contribution < -0.4 is 0 Å². The Morgan fingerprint density at radius 2 is 2.00 bits per heavy atom. The van der Waals surface area contributed by atoms with E-state index >= 15 is 0 Å². The minimum atomic E-state index is -0.382. The van der Waals surface area contributed by atoms with Crippen molar-refractivity contribution in [3.8, 4) is 0 Å². The highest BCUT2D eigenvalue weighted by Gasteiger charge is 2.19. The van der Waals surface area contributed by atoms with Gasteiger partial charge in [-0.05, 0) is 25.8 Å². The van der Waals surface area contributed by atoms with Gasteiger partial charge in [0.25, 0.3) is 0 Å². The summed E-state index contributed by atoms with van der Waals surface area (Å²) in [5, 5.41) is 0. The molecule has 17 heavy (non-hydrogen) atoms. The van der Waals surface area contributed by atoms with Gasteiger partial charge >= 0.3 is 5.97 Å². The first-order valence-corrected chi connectivity index (χ1v) is 6.14. The molecule has 0 saturated heterocycles. The maximum atomic E-state index is 11.5. The normalized spacial score (nSPS) is 16.8. The van der Waals surface area contributed by atoms with Gasteiger partial charge in [0.1, 0.15) is 5.82 Å². The summed E-state index contributed by atoms with van der Waals surface area (Å²) in [5.41, 5.74) is 1.37. The van der Waals surface area contributed by atoms with Crippen LogP contribution in [0.5, 0.6) is 0 Å². The monoisotopic (exact) mass is 234 g/mol. The first kappa shape index (κ1) is 12.0. The van der Waals surface area contributed by atoms with Crippen LogP contribution >= 0.6 is 0 Å². The van der Waals surface area contributed by atoms with E-state index in [0.717, 1.165) is 18.5 Å². The van der Waals surface area contributed by atoms with Gasteiger partial charge in [0.05, 0.1) is 7.11 Å². The number of ether oxygens (including phenoxy) is 1. The number of rotatable bonds is 2. The molecule has 2 rings (SSSR count). The van der Waals surface area contributed by atoms with Gasteiger partial charge in [-0.3, -0.25) is 0 Å². The lowest BCUT2D eigenvalue weighted by molar-refractivity contribution is 0.0593. The van der Waals surface area contributed by atoms with E-state index in [2.05, 4.69) is 9.97 Å². The Balaban J connectivity index is 2.27. The number of aryl methyl sites for hydroxylation is 1. The van der Waals surface area contributed by atoms with Crippen LogP contribution in [0.4, 0.5) is 0 Å². The van der Waals surface area contributed by atoms with Crippen LogP contribution in [-0.4, -0.2) is 23.0 Å². The van der Waals surface area contributed by atoms with E-state index in [0.29, 0.717) is 17.4 Å². The summed E-state index contributed by atoms with van der Waals surface area (Å²) < 4.78 is 4.70. The van der Waals surface area contributed by atoms with Crippen molar-refractivity contribution >= 4 is 5.97 Å². The highest BCUT2D eigenvalue weighted by molar-refractivity contribution is 5.87. The molecule has 0 bridgehead atoms. The molecule has 0 aliphatic heterocycles. The van der Waals surface area contributed by atoms with Gasteiger partial charge in [-0.25, -0.2) is 14.8 Å². The molecule has 0 radical (unpaired) electrons. The van der Waals surface area contributed by atoms with Crippen molar-refractivity contribution in [1.82, 2.24) is 9.97 Å². The van der Waals surface area contributed by atoms with Crippen LogP contribution in [0.2, 0.25) is 0 Å². The molecule has 92 valence electrons. The maximum Gasteiger partial charge on any atom is 0.356 e. The van der Waals surface area contributed by atoms with Crippen molar-refractivity contribution in [2.24, 2.45) is 0 Å². The molecule has 1 fully saturated rings. The summed E-state index contributed by atoms with van der Waals surface area (Å²) in [6, 6.07) is 1.79. The molecule has 4 heteroatoms. The fraction of sp³-hybridized carbons (Fsp3) is 0.615. The lowest BCUT2D eigenvalue weighted by atomic mass is 9.86. The molecule has 0 unspecified atom stereocenters. The van der Waals surface area contributed by atoms with Crippen molar-refractivity contribution in [3.05, 3.63) is 23.3 Å². The van der Waals surface area contributed by atoms with Gasteiger partial charge in [0.2, 0.25) is 0 Å². The van der Waals surface area contributed by atoms with Gasteiger partial charge in [-0.2, -0.15) is 0 Å². The minimum absolute atomic E-state index is 0.376. The zero-order valence-corrected chi connectivity index (χ0v) is 10.4. The molecule has 4 nitrogen and oxygen atoms in total. The number of nitrogens with zero attached hydrogens (tertiary/aromatic N) is 2. The third-order valence-corrected chi connectivity index (χ3v) is 3.28. The van der Waals surface area contributed by atoms with Gasteiger partial charge in [-0.15, -0.1) is 0 Å². The lowest BCUT2D eigenvalue weighted by Crippen LogP contribution is -2.12. The van der Waals surface area contributed by atoms with E-state index in [1.54, 1.807) is 6.07 Å². The summed E-state index contributed by atoms with van der Waals surface area (Å²) >= 11 is 0. The van der Waals surface area contributed by atoms with E-state index in [4.69, 9.17) is 4.74 Å². The highest BCUT2D eigenvalue weighted by atomic mass is 16.5. The molecular formula is C13H18N2O2. The van der Waals surface area contributed by atoms with E-state index in [-0.39, 0.29) is 5.97 Å². The third kappa shape index (κ3) is 2.81. The molecule has 0 N–H and O–H groups in total. The van der Waals surface area contributed by atoms with Crippen LogP contribution in [0.1, 0.15) is 60.0 Å². The molecule has 1 aliphatic rings. The van der Waals surface area contributed by atoms with Crippen molar-refractivity contribution in [1.29, 1.82) is 0 Å². The molecule has 1 aromatic rings. The average Bonchev–Trinajstić information content (AvgIpc) is 2.38. The van der Waals surface area contributed by atoms with Gasteiger partial charge < -0.3 is 4.74 Å². The van der Waals surface area contributed by atoms with Crippen LogP contribution in [0.15, 0.2) is 6.07 Å². The second-order valence-electron chi connectivity index (χ2n) is 4.55. The molecule has 0 aromatic carbocycles. The summed E-state index contributed by atoms with van der Waals surface area (Å²) in [7, 11) is 1.38. The Morgan fingerprint density at radius 3 is 2.65 bits per heavy atom. The van der Waals surface area contributed by atoms with Crippen LogP contribution in [-0.2, 0) is 4.74 Å². The summed E-state index contributed by atoms with van der Waals surface area (Å²) in [6.45, 7) is 1.82. The van der Waals surface area contributed by atoms with Crippen LogP contribution in [0.3, 0.4) is 0 Å². The predicted octanol–water partition coefficient (Wildman–Crippen LogP) is 2.62. The van der Waals surface area contributed by atoms with Gasteiger partial charge in [0, 0.05) is 11.6 Å². The Bertz CT molecular complexity index is 412. The molecule has 0 amide bonds. The summed E-state index contributed by atoms with van der Waals surface area (Å²) in [5.74, 6) is 0.745. The Kier molecular flexibility index (Phi) is 3.71. The maximum absolute atomic E-state index is 11.5. The van der Waals surface area contributed by atoms with Crippen molar-refractivity contribution < 1.29 is 9.53 Å². The van der Waals surface area contributed by atoms with Crippen molar-refractivity contribution in [3.63, 3.8) is 0 Å². The second-order valence-corrected chi connectivity index (χ2v) is 4.55. The first-order chi connectivity index (χ1) is 8.20. The molecule has 1 aromatic heterocycles. The topological polar surface area (TPSA) is 52.1 Å². The number of hydrogen-bond acceptors (Lipinski definition) is 4. The fourth-order valence-corrected chi connectivity index (χ4v) is 2.41. The predicted molar refractivity (Wildman–Crippen MR) is 63.9 cm³/mol. The Morgan fingerprint density at radius 1 is 1.29 bits per heavy atom. The Labute approximate surface area is 101 Å². The SMILES string of the molecule is COC(=O)c1cc(C2CCCCC2)nc(C)n1. The van der Waals surface area contributed by atoms with Gasteiger partial charge in [-0.1, -0.05) is 19.3 Å². The van der Waals surface area contributed by atoms with E-state index < -0.39 is 0 Å². The average molecular weight is 234 g/mol. The lowest BCUT2D eigenvalue weighted by Gasteiger charge is -2.21. The van der Waals surface area contributed by atoms with E-state index in [1.807, 2.05) is 6.92 Å². The molecule has 0 atom stereocenters. The molecular weight excluding hydrogens is 216 g/mol. The molecule has 0 spiro atoms. The number of esters is 1. The summed E-state index contributed by atoms with van der Waals surface area (Å²) in [6.07, 6.45) is 6.14. The molecule has 1 saturated carbocycles. The Hall–Kier alpha value is -1.45. The largest absolute Gasteiger partial charge is 0.464 e. The smallest absolute Gasteiger partial charge is 0.356 e. The zero-order chi connectivity index (χ0) is 12.3. The quantitative estimate of drug-likeness (QED) is 0.738. The number of hydrogen-bond donors (Lipinski definition) is 0. The standard InChI is InChI=1S/C13H18N2O2/c1-9-14-11(10-6-4-3-5-7-10)8-12(15-9)13(16)17-2/h8,10H,3-7H2,1-2H3. The zero-order valence-electron chi connectivity index (χ0n) is 10.4. The number of carbonyl (C=O) groups is 1. The fourth-order valence-electron chi connectivity index (χ4n) is 2.41. The van der Waals surface area contributed by atoms with E-state index in [9.17, 15) is 4.79 Å². The van der Waals surface area contributed by atoms with Crippen molar-refractivity contribution in [2.75, 3.05) is 7.11 Å². The van der Waals surface area contributed by atoms with Crippen LogP contribution in [0.25, 0.3) is 0 Å². The molecule has 1 aliphatic carbocycles. The second kappa shape index (κ2) is 5.25. The summed E-state index contributed by atoms with van der Waals surface area (Å²) in [4.78, 5) is 20.1. The van der Waals surface area contributed by atoms with Crippen molar-refractivity contribution in [2.45, 2.75) is 44.9 Å². The number of aromatic nitrogens is 2. The number of methoxy groups -OCH3 is 1. The third-order valence-electron chi connectivity index (χ3n) is 3.28. The van der Waals surface area contributed by atoms with E-state index in [1.165, 1.54) is 26.4 Å². The first-order valence-electron chi connectivity index (χ1n) is 6.14. The van der Waals surface area contributed by atoms with Gasteiger partial charge in [0.15, 0.2) is 5.69 Å². The van der Waals surface area contributed by atoms with Crippen LogP contribution in [0, 0.1) is 6.92 Å². The number of carbonyl (C=O) groups excluding carboxylic acids is 1.